The van der Waals surface area contributed by atoms with E-state index >= 15 is 0 Å². The zero-order valence-corrected chi connectivity index (χ0v) is 21.2. The van der Waals surface area contributed by atoms with E-state index in [9.17, 15) is 15.0 Å². The number of aromatic nitrogens is 1. The van der Waals surface area contributed by atoms with Gasteiger partial charge in [-0.2, -0.15) is 0 Å². The molecule has 0 saturated heterocycles. The molecule has 4 nitrogen and oxygen atoms in total. The average Bonchev–Trinajstić information content (AvgIpc) is 3.18. The van der Waals surface area contributed by atoms with Crippen molar-refractivity contribution < 1.29 is 15.0 Å². The first-order valence-electron chi connectivity index (χ1n) is 13.7. The van der Waals surface area contributed by atoms with E-state index in [0.29, 0.717) is 24.7 Å². The zero-order valence-electron chi connectivity index (χ0n) is 21.2. The minimum Gasteiger partial charge on any atom is -0.396 e. The summed E-state index contributed by atoms with van der Waals surface area (Å²) in [6.07, 6.45) is 13.7. The first kappa shape index (κ1) is 23.8. The fraction of sp³-hybridized carbons (Fsp3) is 0.500. The van der Waals surface area contributed by atoms with E-state index in [-0.39, 0.29) is 23.7 Å². The summed E-state index contributed by atoms with van der Waals surface area (Å²) in [5.41, 5.74) is 6.72. The van der Waals surface area contributed by atoms with Crippen molar-refractivity contribution in [3.63, 3.8) is 0 Å². The van der Waals surface area contributed by atoms with Crippen molar-refractivity contribution in [1.82, 2.24) is 4.98 Å². The highest BCUT2D eigenvalue weighted by Crippen LogP contribution is 2.65. The maximum atomic E-state index is 12.2. The molecule has 0 radical (unpaired) electrons. The van der Waals surface area contributed by atoms with Gasteiger partial charge in [0.05, 0.1) is 12.2 Å². The average molecular weight is 484 g/mol. The van der Waals surface area contributed by atoms with Gasteiger partial charge < -0.3 is 10.2 Å². The van der Waals surface area contributed by atoms with Gasteiger partial charge in [0, 0.05) is 30.1 Å². The summed E-state index contributed by atoms with van der Waals surface area (Å²) in [6.45, 7) is 2.36. The molecule has 4 heteroatoms. The molecule has 0 aliphatic heterocycles. The molecule has 1 heterocycles. The molecule has 1 aromatic carbocycles. The van der Waals surface area contributed by atoms with E-state index in [1.807, 2.05) is 18.3 Å². The van der Waals surface area contributed by atoms with Crippen molar-refractivity contribution in [3.05, 3.63) is 77.2 Å². The number of ketones is 1. The number of rotatable bonds is 5. The number of aliphatic hydroxyl groups excluding tert-OH is 1. The topological polar surface area (TPSA) is 70.4 Å². The molecule has 4 aliphatic rings. The van der Waals surface area contributed by atoms with Crippen molar-refractivity contribution in [2.75, 3.05) is 6.61 Å². The molecule has 0 spiro atoms. The lowest BCUT2D eigenvalue weighted by molar-refractivity contribution is -0.114. The highest BCUT2D eigenvalue weighted by atomic mass is 16.3. The fourth-order valence-electron chi connectivity index (χ4n) is 8.15. The summed E-state index contributed by atoms with van der Waals surface area (Å²) in [6, 6.07) is 12.4. The molecule has 2 fully saturated rings. The van der Waals surface area contributed by atoms with Gasteiger partial charge in [-0.05, 0) is 103 Å². The molecule has 6 rings (SSSR count). The predicted molar refractivity (Wildman–Crippen MR) is 141 cm³/mol. The Balaban J connectivity index is 1.24. The molecule has 5 atom stereocenters. The van der Waals surface area contributed by atoms with Crippen LogP contribution >= 0.6 is 0 Å². The third-order valence-corrected chi connectivity index (χ3v) is 10.2. The van der Waals surface area contributed by atoms with Gasteiger partial charge >= 0.3 is 0 Å². The Hall–Kier alpha value is -2.56. The minimum atomic E-state index is -0.776. The summed E-state index contributed by atoms with van der Waals surface area (Å²) < 4.78 is 0. The molecule has 0 bridgehead atoms. The van der Waals surface area contributed by atoms with Crippen molar-refractivity contribution in [2.24, 2.45) is 17.3 Å². The lowest BCUT2D eigenvalue weighted by Gasteiger charge is -2.52. The summed E-state index contributed by atoms with van der Waals surface area (Å²) in [5, 5.41) is 22.6. The van der Waals surface area contributed by atoms with Gasteiger partial charge in [-0.3, -0.25) is 9.78 Å². The summed E-state index contributed by atoms with van der Waals surface area (Å²) in [7, 11) is 0. The van der Waals surface area contributed by atoms with E-state index in [1.165, 1.54) is 11.1 Å². The Kier molecular flexibility index (Phi) is 6.00. The Labute approximate surface area is 214 Å². The number of nitrogens with zero attached hydrogens (tertiary/aromatic N) is 1. The van der Waals surface area contributed by atoms with E-state index in [0.717, 1.165) is 61.6 Å². The normalized spacial score (nSPS) is 32.4. The van der Waals surface area contributed by atoms with E-state index in [2.05, 4.69) is 42.2 Å². The largest absolute Gasteiger partial charge is 0.396 e. The molecule has 1 unspecified atom stereocenters. The molecule has 2 aromatic rings. The minimum absolute atomic E-state index is 0.0379. The SMILES string of the molecule is C[C@]12CCC3=C4CCC(=O)C=C4CC[C@H]3[C@H]1CC[C@]2(O)CC(CO)c1ccc(-c2cccnc2)cc1. The number of pyridine rings is 1. The van der Waals surface area contributed by atoms with E-state index < -0.39 is 5.60 Å². The Morgan fingerprint density at radius 1 is 1.03 bits per heavy atom. The van der Waals surface area contributed by atoms with Crippen LogP contribution in [0, 0.1) is 17.3 Å². The van der Waals surface area contributed by atoms with Crippen LogP contribution in [0.4, 0.5) is 0 Å². The molecular formula is C32H37NO3. The monoisotopic (exact) mass is 483 g/mol. The predicted octanol–water partition coefficient (Wildman–Crippen LogP) is 6.15. The lowest BCUT2D eigenvalue weighted by Crippen LogP contribution is -2.50. The van der Waals surface area contributed by atoms with Gasteiger partial charge in [-0.15, -0.1) is 0 Å². The number of hydrogen-bond acceptors (Lipinski definition) is 4. The van der Waals surface area contributed by atoms with E-state index in [4.69, 9.17) is 0 Å². The van der Waals surface area contributed by atoms with Gasteiger partial charge in [0.2, 0.25) is 0 Å². The number of hydrogen-bond donors (Lipinski definition) is 2. The lowest BCUT2D eigenvalue weighted by atomic mass is 9.54. The Bertz CT molecular complexity index is 1210. The van der Waals surface area contributed by atoms with Crippen LogP contribution in [0.2, 0.25) is 0 Å². The second-order valence-corrected chi connectivity index (χ2v) is 11.8. The highest BCUT2D eigenvalue weighted by molar-refractivity contribution is 5.93. The molecule has 1 aromatic heterocycles. The number of carbonyl (C=O) groups excluding carboxylic acids is 1. The molecule has 0 amide bonds. The maximum Gasteiger partial charge on any atom is 0.156 e. The molecule has 36 heavy (non-hydrogen) atoms. The summed E-state index contributed by atoms with van der Waals surface area (Å²) >= 11 is 0. The van der Waals surface area contributed by atoms with Crippen LogP contribution in [-0.2, 0) is 4.79 Å². The molecule has 4 aliphatic carbocycles. The van der Waals surface area contributed by atoms with Crippen LogP contribution in [0.25, 0.3) is 11.1 Å². The second kappa shape index (κ2) is 9.08. The van der Waals surface area contributed by atoms with Crippen LogP contribution in [0.5, 0.6) is 0 Å². The number of carbonyl (C=O) groups is 1. The molecular weight excluding hydrogens is 446 g/mol. The van der Waals surface area contributed by atoms with Crippen molar-refractivity contribution in [3.8, 4) is 11.1 Å². The molecule has 188 valence electrons. The van der Waals surface area contributed by atoms with Gasteiger partial charge in [-0.25, -0.2) is 0 Å². The third kappa shape index (κ3) is 3.81. The summed E-state index contributed by atoms with van der Waals surface area (Å²) in [4.78, 5) is 16.2. The number of fused-ring (bicyclic) bond motifs is 4. The highest BCUT2D eigenvalue weighted by Gasteiger charge is 2.60. The van der Waals surface area contributed by atoms with Crippen LogP contribution in [0.15, 0.2) is 71.6 Å². The zero-order chi connectivity index (χ0) is 24.9. The van der Waals surface area contributed by atoms with E-state index in [1.54, 1.807) is 11.8 Å². The van der Waals surface area contributed by atoms with Crippen LogP contribution in [0.3, 0.4) is 0 Å². The van der Waals surface area contributed by atoms with Crippen molar-refractivity contribution in [2.45, 2.75) is 76.2 Å². The van der Waals surface area contributed by atoms with Crippen molar-refractivity contribution >= 4 is 5.78 Å². The first-order valence-corrected chi connectivity index (χ1v) is 13.7. The van der Waals surface area contributed by atoms with Gasteiger partial charge in [-0.1, -0.05) is 42.8 Å². The standard InChI is InChI=1S/C32H37NO3/c1-31-14-12-28-27-11-9-26(35)17-23(27)8-10-29(28)30(31)13-15-32(31,36)18-25(20-34)22-6-4-21(5-7-22)24-3-2-16-33-19-24/h2-7,16-17,19,25,29-30,34,36H,8-15,18,20H2,1H3/t25?,29-,30-,31+,32+/m1/s1. The van der Waals surface area contributed by atoms with Crippen LogP contribution in [0.1, 0.15) is 76.2 Å². The van der Waals surface area contributed by atoms with Crippen LogP contribution in [-0.4, -0.2) is 33.2 Å². The van der Waals surface area contributed by atoms with Crippen molar-refractivity contribution in [1.29, 1.82) is 0 Å². The number of allylic oxidation sites excluding steroid dienone is 4. The number of aliphatic hydroxyl groups is 2. The van der Waals surface area contributed by atoms with Crippen LogP contribution < -0.4 is 0 Å². The second-order valence-electron chi connectivity index (χ2n) is 11.8. The summed E-state index contributed by atoms with van der Waals surface area (Å²) in [5.74, 6) is 1.21. The Morgan fingerprint density at radius 2 is 1.86 bits per heavy atom. The van der Waals surface area contributed by atoms with Gasteiger partial charge in [0.25, 0.3) is 0 Å². The quantitative estimate of drug-likeness (QED) is 0.535. The van der Waals surface area contributed by atoms with Gasteiger partial charge in [0.15, 0.2) is 5.78 Å². The molecule has 2 N–H and O–H groups in total. The smallest absolute Gasteiger partial charge is 0.156 e. The maximum absolute atomic E-state index is 12.2. The first-order chi connectivity index (χ1) is 17.4. The number of benzene rings is 1. The third-order valence-electron chi connectivity index (χ3n) is 10.2. The Morgan fingerprint density at radius 3 is 2.61 bits per heavy atom. The van der Waals surface area contributed by atoms with Gasteiger partial charge in [0.1, 0.15) is 0 Å². The molecule has 2 saturated carbocycles. The fourth-order valence-corrected chi connectivity index (χ4v) is 8.15.